The van der Waals surface area contributed by atoms with Gasteiger partial charge in [0.15, 0.2) is 0 Å². The minimum atomic E-state index is -2.68. The van der Waals surface area contributed by atoms with Gasteiger partial charge in [0.25, 0.3) is 5.91 Å². The van der Waals surface area contributed by atoms with Crippen molar-refractivity contribution in [1.82, 2.24) is 9.80 Å². The highest BCUT2D eigenvalue weighted by atomic mass is 32.2. The van der Waals surface area contributed by atoms with E-state index in [1.165, 1.54) is 32.2 Å². The Hall–Kier alpha value is -1.60. The van der Waals surface area contributed by atoms with Gasteiger partial charge in [0.05, 0.1) is 0 Å². The van der Waals surface area contributed by atoms with Gasteiger partial charge in [-0.2, -0.15) is 0 Å². The number of rotatable bonds is 5. The SMILES string of the molecule is C[C@@H]1CN(CC2CCCC2)CCN1C(=O)c1ccc(N[SH](=O)=O)cc1. The molecule has 7 heteroatoms. The third kappa shape index (κ3) is 4.73. The van der Waals surface area contributed by atoms with E-state index >= 15 is 0 Å². The molecular formula is C18H27N3O3S. The average Bonchev–Trinajstić information content (AvgIpc) is 3.07. The van der Waals surface area contributed by atoms with E-state index in [-0.39, 0.29) is 11.9 Å². The summed E-state index contributed by atoms with van der Waals surface area (Å²) >= 11 is 0. The first-order valence-corrected chi connectivity index (χ1v) is 10.2. The molecule has 3 rings (SSSR count). The predicted molar refractivity (Wildman–Crippen MR) is 99.3 cm³/mol. The second kappa shape index (κ2) is 8.19. The molecule has 0 radical (unpaired) electrons. The molecule has 1 amide bonds. The molecule has 2 aliphatic rings. The molecule has 1 saturated heterocycles. The van der Waals surface area contributed by atoms with E-state index in [9.17, 15) is 13.2 Å². The first-order valence-electron chi connectivity index (χ1n) is 9.07. The molecule has 0 unspecified atom stereocenters. The second-order valence-corrected chi connectivity index (χ2v) is 7.94. The number of piperazine rings is 1. The molecule has 1 heterocycles. The van der Waals surface area contributed by atoms with Crippen LogP contribution in [0.5, 0.6) is 0 Å². The molecule has 2 fully saturated rings. The summed E-state index contributed by atoms with van der Waals surface area (Å²) < 4.78 is 23.7. The number of hydrogen-bond donors (Lipinski definition) is 2. The summed E-state index contributed by atoms with van der Waals surface area (Å²) in [6.07, 6.45) is 5.43. The van der Waals surface area contributed by atoms with E-state index < -0.39 is 10.9 Å². The van der Waals surface area contributed by atoms with Crippen molar-refractivity contribution < 1.29 is 13.2 Å². The Kier molecular flexibility index (Phi) is 5.96. The molecule has 0 bridgehead atoms. The predicted octanol–water partition coefficient (Wildman–Crippen LogP) is 1.96. The van der Waals surface area contributed by atoms with Crippen molar-refractivity contribution >= 4 is 22.5 Å². The topological polar surface area (TPSA) is 69.7 Å². The largest absolute Gasteiger partial charge is 0.333 e. The Balaban J connectivity index is 1.57. The van der Waals surface area contributed by atoms with Crippen LogP contribution in [-0.4, -0.2) is 56.3 Å². The maximum atomic E-state index is 12.8. The van der Waals surface area contributed by atoms with Gasteiger partial charge in [-0.15, -0.1) is 0 Å². The second-order valence-electron chi connectivity index (χ2n) is 7.20. The first-order chi connectivity index (χ1) is 12.0. The zero-order valence-electron chi connectivity index (χ0n) is 14.7. The Morgan fingerprint density at radius 1 is 1.16 bits per heavy atom. The fraction of sp³-hybridized carbons (Fsp3) is 0.611. The minimum Gasteiger partial charge on any atom is -0.333 e. The van der Waals surface area contributed by atoms with Gasteiger partial charge in [-0.3, -0.25) is 14.4 Å². The maximum absolute atomic E-state index is 12.8. The van der Waals surface area contributed by atoms with Crippen LogP contribution in [0, 0.1) is 5.92 Å². The van der Waals surface area contributed by atoms with Crippen LogP contribution in [0.25, 0.3) is 0 Å². The van der Waals surface area contributed by atoms with Gasteiger partial charge in [-0.05, 0) is 49.9 Å². The molecule has 0 aromatic heterocycles. The lowest BCUT2D eigenvalue weighted by Crippen LogP contribution is -2.54. The average molecular weight is 365 g/mol. The number of anilines is 1. The summed E-state index contributed by atoms with van der Waals surface area (Å²) in [6, 6.07) is 6.80. The summed E-state index contributed by atoms with van der Waals surface area (Å²) in [4.78, 5) is 17.2. The molecule has 6 nitrogen and oxygen atoms in total. The highest BCUT2D eigenvalue weighted by molar-refractivity contribution is 7.73. The van der Waals surface area contributed by atoms with Gasteiger partial charge in [0, 0.05) is 43.5 Å². The van der Waals surface area contributed by atoms with E-state index in [1.54, 1.807) is 24.3 Å². The summed E-state index contributed by atoms with van der Waals surface area (Å²) in [5.41, 5.74) is 1.07. The highest BCUT2D eigenvalue weighted by Crippen LogP contribution is 2.26. The number of amides is 1. The summed E-state index contributed by atoms with van der Waals surface area (Å²) in [7, 11) is -2.68. The van der Waals surface area contributed by atoms with Crippen LogP contribution in [0.2, 0.25) is 0 Å². The van der Waals surface area contributed by atoms with Gasteiger partial charge in [0.2, 0.25) is 10.9 Å². The molecule has 25 heavy (non-hydrogen) atoms. The van der Waals surface area contributed by atoms with Gasteiger partial charge >= 0.3 is 0 Å². The molecule has 1 aromatic carbocycles. The molecule has 1 aliphatic heterocycles. The van der Waals surface area contributed by atoms with Gasteiger partial charge in [-0.25, -0.2) is 8.42 Å². The van der Waals surface area contributed by atoms with E-state index in [4.69, 9.17) is 0 Å². The van der Waals surface area contributed by atoms with Crippen molar-refractivity contribution in [2.45, 2.75) is 38.6 Å². The molecule has 1 aliphatic carbocycles. The van der Waals surface area contributed by atoms with Gasteiger partial charge < -0.3 is 4.90 Å². The molecule has 1 aromatic rings. The van der Waals surface area contributed by atoms with Crippen molar-refractivity contribution in [2.24, 2.45) is 5.92 Å². The number of thiol groups is 1. The Morgan fingerprint density at radius 2 is 1.84 bits per heavy atom. The number of nitrogens with zero attached hydrogens (tertiary/aromatic N) is 2. The summed E-state index contributed by atoms with van der Waals surface area (Å²) in [5, 5.41) is 0. The quantitative estimate of drug-likeness (QED) is 0.783. The van der Waals surface area contributed by atoms with Crippen LogP contribution in [0.4, 0.5) is 5.69 Å². The fourth-order valence-electron chi connectivity index (χ4n) is 4.02. The van der Waals surface area contributed by atoms with Crippen LogP contribution < -0.4 is 4.72 Å². The van der Waals surface area contributed by atoms with E-state index in [1.807, 2.05) is 4.90 Å². The third-order valence-corrected chi connectivity index (χ3v) is 5.76. The molecule has 1 N–H and O–H groups in total. The monoisotopic (exact) mass is 365 g/mol. The normalized spacial score (nSPS) is 22.5. The van der Waals surface area contributed by atoms with Crippen LogP contribution in [0.3, 0.4) is 0 Å². The van der Waals surface area contributed by atoms with Crippen molar-refractivity contribution in [3.05, 3.63) is 29.8 Å². The van der Waals surface area contributed by atoms with E-state index in [2.05, 4.69) is 16.5 Å². The summed E-state index contributed by atoms with van der Waals surface area (Å²) in [5.74, 6) is 0.855. The Labute approximate surface area is 151 Å². The van der Waals surface area contributed by atoms with Crippen molar-refractivity contribution in [2.75, 3.05) is 30.9 Å². The summed E-state index contributed by atoms with van der Waals surface area (Å²) in [6.45, 7) is 5.89. The number of hydrogen-bond acceptors (Lipinski definition) is 4. The van der Waals surface area contributed by atoms with Crippen LogP contribution in [0.1, 0.15) is 43.0 Å². The molecule has 1 atom stereocenters. The van der Waals surface area contributed by atoms with Crippen LogP contribution in [-0.2, 0) is 10.9 Å². The van der Waals surface area contributed by atoms with Crippen LogP contribution in [0.15, 0.2) is 24.3 Å². The lowest BCUT2D eigenvalue weighted by molar-refractivity contribution is 0.0461. The van der Waals surface area contributed by atoms with Crippen LogP contribution >= 0.6 is 0 Å². The number of carbonyl (C=O) groups is 1. The van der Waals surface area contributed by atoms with Gasteiger partial charge in [0.1, 0.15) is 0 Å². The van der Waals surface area contributed by atoms with Crippen molar-refractivity contribution in [3.63, 3.8) is 0 Å². The van der Waals surface area contributed by atoms with E-state index in [0.29, 0.717) is 11.3 Å². The lowest BCUT2D eigenvalue weighted by atomic mass is 10.1. The smallest absolute Gasteiger partial charge is 0.254 e. The molecule has 138 valence electrons. The Bertz CT molecular complexity index is 661. The van der Waals surface area contributed by atoms with Gasteiger partial charge in [-0.1, -0.05) is 12.8 Å². The highest BCUT2D eigenvalue weighted by Gasteiger charge is 2.29. The molecule has 0 spiro atoms. The molecule has 1 saturated carbocycles. The third-order valence-electron chi connectivity index (χ3n) is 5.32. The van der Waals surface area contributed by atoms with E-state index in [0.717, 1.165) is 25.6 Å². The number of carbonyl (C=O) groups excluding carboxylic acids is 1. The van der Waals surface area contributed by atoms with Crippen molar-refractivity contribution in [1.29, 1.82) is 0 Å². The number of benzene rings is 1. The Morgan fingerprint density at radius 3 is 2.44 bits per heavy atom. The fourth-order valence-corrected chi connectivity index (χ4v) is 4.38. The standard InChI is InChI=1S/C18H27N3O3S/c1-14-12-20(13-15-4-2-3-5-15)10-11-21(14)18(22)16-6-8-17(9-7-16)19-25(23)24/h6-9,14-15,25H,2-5,10-13H2,1H3,(H,19,23,24)/t14-/m1/s1. The zero-order valence-corrected chi connectivity index (χ0v) is 15.6. The lowest BCUT2D eigenvalue weighted by Gasteiger charge is -2.40. The minimum absolute atomic E-state index is 0.0195. The molecular weight excluding hydrogens is 338 g/mol. The zero-order chi connectivity index (χ0) is 17.8. The number of nitrogens with one attached hydrogen (secondary N) is 1. The first kappa shape index (κ1) is 18.2. The maximum Gasteiger partial charge on any atom is 0.254 e. The van der Waals surface area contributed by atoms with Crippen molar-refractivity contribution in [3.8, 4) is 0 Å².